The minimum atomic E-state index is -4.76. The number of hydrogen-bond acceptors (Lipinski definition) is 6. The zero-order valence-corrected chi connectivity index (χ0v) is 17.6. The van der Waals surface area contributed by atoms with Gasteiger partial charge in [0, 0.05) is 0 Å². The normalized spacial score (nSPS) is 12.4. The van der Waals surface area contributed by atoms with Crippen molar-refractivity contribution < 1.29 is 22.7 Å². The fourth-order valence-corrected chi connectivity index (χ4v) is 3.46. The van der Waals surface area contributed by atoms with Crippen LogP contribution in [0, 0.1) is 0 Å². The molecular formula is C20H20F3N5O2S. The van der Waals surface area contributed by atoms with Gasteiger partial charge >= 0.3 is 6.36 Å². The monoisotopic (exact) mass is 451 g/mol. The van der Waals surface area contributed by atoms with Crippen molar-refractivity contribution in [3.8, 4) is 11.4 Å². The van der Waals surface area contributed by atoms with Gasteiger partial charge in [-0.25, -0.2) is 0 Å². The molecule has 0 spiro atoms. The van der Waals surface area contributed by atoms with Crippen molar-refractivity contribution in [2.45, 2.75) is 37.8 Å². The molecule has 7 nitrogen and oxygen atoms in total. The molecule has 3 rings (SSSR count). The van der Waals surface area contributed by atoms with Crippen molar-refractivity contribution >= 4 is 17.7 Å². The van der Waals surface area contributed by atoms with Crippen molar-refractivity contribution in [3.63, 3.8) is 0 Å². The number of amides is 1. The number of thioether (sulfide) groups is 1. The summed E-state index contributed by atoms with van der Waals surface area (Å²) in [6.45, 7) is 3.98. The smallest absolute Gasteiger partial charge is 0.406 e. The van der Waals surface area contributed by atoms with Gasteiger partial charge in [-0.05, 0) is 59.2 Å². The van der Waals surface area contributed by atoms with Crippen LogP contribution in [0.5, 0.6) is 5.75 Å². The quantitative estimate of drug-likeness (QED) is 0.520. The van der Waals surface area contributed by atoms with E-state index in [1.807, 2.05) is 31.2 Å². The van der Waals surface area contributed by atoms with Gasteiger partial charge < -0.3 is 10.1 Å². The third kappa shape index (κ3) is 6.45. The van der Waals surface area contributed by atoms with Gasteiger partial charge in [0.25, 0.3) is 0 Å². The second kappa shape index (κ2) is 9.82. The minimum absolute atomic E-state index is 0.0764. The molecule has 164 valence electrons. The maximum Gasteiger partial charge on any atom is 0.573 e. The van der Waals surface area contributed by atoms with E-state index in [1.165, 1.54) is 22.4 Å². The first-order valence-corrected chi connectivity index (χ1v) is 10.4. The average Bonchev–Trinajstić information content (AvgIpc) is 3.20. The lowest BCUT2D eigenvalue weighted by Crippen LogP contribution is -2.28. The van der Waals surface area contributed by atoms with Gasteiger partial charge in [-0.3, -0.25) is 4.79 Å². The molecule has 1 amide bonds. The molecule has 2 aromatic carbocycles. The van der Waals surface area contributed by atoms with E-state index in [0.29, 0.717) is 10.8 Å². The SMILES string of the molecule is CCc1ccc(C(C)NC(=O)CSc2nnnn2-c2ccc(OC(F)(F)F)cc2)cc1. The maximum absolute atomic E-state index is 12.3. The Morgan fingerprint density at radius 3 is 2.45 bits per heavy atom. The molecule has 1 aromatic heterocycles. The van der Waals surface area contributed by atoms with E-state index in [4.69, 9.17) is 0 Å². The molecule has 0 aliphatic rings. The molecule has 0 saturated carbocycles. The topological polar surface area (TPSA) is 81.9 Å². The fourth-order valence-electron chi connectivity index (χ4n) is 2.76. The molecule has 1 atom stereocenters. The van der Waals surface area contributed by atoms with Crippen LogP contribution in [0.1, 0.15) is 31.0 Å². The number of carbonyl (C=O) groups is 1. The predicted octanol–water partition coefficient (Wildman–Crippen LogP) is 4.09. The molecule has 0 bridgehead atoms. The van der Waals surface area contributed by atoms with Gasteiger partial charge in [0.1, 0.15) is 5.75 Å². The number of alkyl halides is 3. The molecule has 1 unspecified atom stereocenters. The Morgan fingerprint density at radius 2 is 1.84 bits per heavy atom. The summed E-state index contributed by atoms with van der Waals surface area (Å²) in [7, 11) is 0. The van der Waals surface area contributed by atoms with E-state index in [9.17, 15) is 18.0 Å². The number of aromatic nitrogens is 4. The Labute approximate surface area is 181 Å². The van der Waals surface area contributed by atoms with Gasteiger partial charge in [-0.15, -0.1) is 18.3 Å². The molecule has 0 fully saturated rings. The molecule has 0 radical (unpaired) electrons. The first-order chi connectivity index (χ1) is 14.7. The Bertz CT molecular complexity index is 1010. The first-order valence-electron chi connectivity index (χ1n) is 9.40. The number of carbonyl (C=O) groups excluding carboxylic acids is 1. The van der Waals surface area contributed by atoms with Gasteiger partial charge in [-0.2, -0.15) is 4.68 Å². The standard InChI is InChI=1S/C20H20F3N5O2S/c1-3-14-4-6-15(7-5-14)13(2)24-18(29)12-31-19-25-26-27-28(19)16-8-10-17(11-9-16)30-20(21,22)23/h4-11,13H,3,12H2,1-2H3,(H,24,29). The molecule has 3 aromatic rings. The number of halogens is 3. The third-order valence-electron chi connectivity index (χ3n) is 4.35. The third-order valence-corrected chi connectivity index (χ3v) is 5.27. The summed E-state index contributed by atoms with van der Waals surface area (Å²) in [5.74, 6) is -0.466. The molecule has 11 heteroatoms. The van der Waals surface area contributed by atoms with Gasteiger partial charge in [0.15, 0.2) is 0 Å². The van der Waals surface area contributed by atoms with Gasteiger partial charge in [0.05, 0.1) is 17.5 Å². The molecular weight excluding hydrogens is 431 g/mol. The largest absolute Gasteiger partial charge is 0.573 e. The molecule has 0 aliphatic heterocycles. The Balaban J connectivity index is 1.58. The van der Waals surface area contributed by atoms with E-state index in [1.54, 1.807) is 0 Å². The van der Waals surface area contributed by atoms with Crippen LogP contribution in [0.15, 0.2) is 53.7 Å². The van der Waals surface area contributed by atoms with Crippen LogP contribution in [0.2, 0.25) is 0 Å². The van der Waals surface area contributed by atoms with Crippen LogP contribution in [-0.4, -0.2) is 38.2 Å². The van der Waals surface area contributed by atoms with E-state index >= 15 is 0 Å². The lowest BCUT2D eigenvalue weighted by molar-refractivity contribution is -0.274. The summed E-state index contributed by atoms with van der Waals surface area (Å²) >= 11 is 1.12. The number of ether oxygens (including phenoxy) is 1. The Kier molecular flexibility index (Phi) is 7.16. The molecule has 1 N–H and O–H groups in total. The lowest BCUT2D eigenvalue weighted by Gasteiger charge is -2.14. The number of nitrogens with zero attached hydrogens (tertiary/aromatic N) is 4. The molecule has 31 heavy (non-hydrogen) atoms. The molecule has 0 aliphatic carbocycles. The van der Waals surface area contributed by atoms with Crippen LogP contribution in [0.25, 0.3) is 5.69 Å². The highest BCUT2D eigenvalue weighted by molar-refractivity contribution is 7.99. The van der Waals surface area contributed by atoms with Crippen LogP contribution < -0.4 is 10.1 Å². The summed E-state index contributed by atoms with van der Waals surface area (Å²) in [4.78, 5) is 12.3. The maximum atomic E-state index is 12.3. The van der Waals surface area contributed by atoms with Crippen molar-refractivity contribution in [1.82, 2.24) is 25.5 Å². The highest BCUT2D eigenvalue weighted by atomic mass is 32.2. The number of aryl methyl sites for hydroxylation is 1. The lowest BCUT2D eigenvalue weighted by atomic mass is 10.1. The summed E-state index contributed by atoms with van der Waals surface area (Å²) in [5, 5.41) is 14.5. The number of tetrazole rings is 1. The average molecular weight is 451 g/mol. The summed E-state index contributed by atoms with van der Waals surface area (Å²) in [5.41, 5.74) is 2.66. The minimum Gasteiger partial charge on any atom is -0.406 e. The van der Waals surface area contributed by atoms with E-state index < -0.39 is 6.36 Å². The number of rotatable bonds is 8. The van der Waals surface area contributed by atoms with Crippen LogP contribution in [-0.2, 0) is 11.2 Å². The van der Waals surface area contributed by atoms with E-state index in [2.05, 4.69) is 32.5 Å². The molecule has 1 heterocycles. The zero-order valence-electron chi connectivity index (χ0n) is 16.8. The number of benzene rings is 2. The van der Waals surface area contributed by atoms with Crippen LogP contribution >= 0.6 is 11.8 Å². The van der Waals surface area contributed by atoms with E-state index in [-0.39, 0.29) is 23.5 Å². The van der Waals surface area contributed by atoms with Crippen molar-refractivity contribution in [2.24, 2.45) is 0 Å². The van der Waals surface area contributed by atoms with Gasteiger partial charge in [0.2, 0.25) is 11.1 Å². The highest BCUT2D eigenvalue weighted by Crippen LogP contribution is 2.25. The van der Waals surface area contributed by atoms with Gasteiger partial charge in [-0.1, -0.05) is 43.0 Å². The first kappa shape index (κ1) is 22.6. The predicted molar refractivity (Wildman–Crippen MR) is 109 cm³/mol. The van der Waals surface area contributed by atoms with Crippen LogP contribution in [0.3, 0.4) is 0 Å². The Morgan fingerprint density at radius 1 is 1.16 bits per heavy atom. The second-order valence-electron chi connectivity index (χ2n) is 6.59. The molecule has 0 saturated heterocycles. The summed E-state index contributed by atoms with van der Waals surface area (Å²) in [6, 6.07) is 13.0. The summed E-state index contributed by atoms with van der Waals surface area (Å²) < 4.78 is 42.0. The van der Waals surface area contributed by atoms with Crippen LogP contribution in [0.4, 0.5) is 13.2 Å². The van der Waals surface area contributed by atoms with Crippen molar-refractivity contribution in [3.05, 3.63) is 59.7 Å². The zero-order chi connectivity index (χ0) is 22.4. The fraction of sp³-hybridized carbons (Fsp3) is 0.300. The second-order valence-corrected chi connectivity index (χ2v) is 7.53. The summed E-state index contributed by atoms with van der Waals surface area (Å²) in [6.07, 6.45) is -3.82. The van der Waals surface area contributed by atoms with Crippen molar-refractivity contribution in [2.75, 3.05) is 5.75 Å². The number of hydrogen-bond donors (Lipinski definition) is 1. The van der Waals surface area contributed by atoms with E-state index in [0.717, 1.165) is 35.9 Å². The Hall–Kier alpha value is -3.08. The van der Waals surface area contributed by atoms with Crippen molar-refractivity contribution in [1.29, 1.82) is 0 Å². The highest BCUT2D eigenvalue weighted by Gasteiger charge is 2.31. The number of nitrogens with one attached hydrogen (secondary N) is 1.